The Morgan fingerprint density at radius 3 is 2.89 bits per heavy atom. The molecule has 1 aromatic rings. The van der Waals surface area contributed by atoms with Crippen molar-refractivity contribution in [2.45, 2.75) is 38.6 Å². The van der Waals surface area contributed by atoms with Gasteiger partial charge in [0.15, 0.2) is 0 Å². The fourth-order valence-corrected chi connectivity index (χ4v) is 3.21. The second-order valence-electron chi connectivity index (χ2n) is 4.72. The van der Waals surface area contributed by atoms with E-state index in [0.717, 1.165) is 23.0 Å². The number of nitrogens with one attached hydrogen (secondary N) is 1. The second-order valence-corrected chi connectivity index (χ2v) is 5.89. The van der Waals surface area contributed by atoms with Crippen LogP contribution in [0.5, 0.6) is 0 Å². The number of hydrogen-bond donors (Lipinski definition) is 1. The zero-order chi connectivity index (χ0) is 13.0. The van der Waals surface area contributed by atoms with Gasteiger partial charge in [-0.2, -0.15) is 0 Å². The molecule has 0 aromatic heterocycles. The Morgan fingerprint density at radius 2 is 2.28 bits per heavy atom. The lowest BCUT2D eigenvalue weighted by molar-refractivity contribution is 0.573. The van der Waals surface area contributed by atoms with Gasteiger partial charge >= 0.3 is 0 Å². The summed E-state index contributed by atoms with van der Waals surface area (Å²) in [7, 11) is 0. The average Bonchev–Trinajstić information content (AvgIpc) is 2.85. The molecule has 1 atom stereocenters. The molecule has 98 valence electrons. The maximum absolute atomic E-state index is 13.2. The number of rotatable bonds is 5. The third-order valence-electron chi connectivity index (χ3n) is 3.32. The highest BCUT2D eigenvalue weighted by molar-refractivity contribution is 14.1. The molecule has 0 fully saturated rings. The molecule has 3 heteroatoms. The Balaban J connectivity index is 2.26. The molecular weight excluding hydrogens is 340 g/mol. The molecule has 1 N–H and O–H groups in total. The van der Waals surface area contributed by atoms with E-state index >= 15 is 0 Å². The topological polar surface area (TPSA) is 12.0 Å². The van der Waals surface area contributed by atoms with Gasteiger partial charge in [-0.3, -0.25) is 0 Å². The van der Waals surface area contributed by atoms with Crippen LogP contribution in [-0.4, -0.2) is 6.54 Å². The normalized spacial score (nSPS) is 16.7. The van der Waals surface area contributed by atoms with Crippen LogP contribution in [0.1, 0.15) is 44.2 Å². The Hall–Kier alpha value is -0.420. The van der Waals surface area contributed by atoms with E-state index in [1.165, 1.54) is 24.0 Å². The van der Waals surface area contributed by atoms with E-state index in [2.05, 4.69) is 40.9 Å². The maximum atomic E-state index is 13.2. The summed E-state index contributed by atoms with van der Waals surface area (Å²) in [6, 6.07) is 5.36. The zero-order valence-corrected chi connectivity index (χ0v) is 12.8. The number of halogens is 2. The van der Waals surface area contributed by atoms with Gasteiger partial charge in [-0.25, -0.2) is 4.39 Å². The first-order valence-electron chi connectivity index (χ1n) is 6.59. The largest absolute Gasteiger partial charge is 0.307 e. The zero-order valence-electron chi connectivity index (χ0n) is 10.7. The third kappa shape index (κ3) is 3.32. The van der Waals surface area contributed by atoms with Gasteiger partial charge in [0, 0.05) is 3.57 Å². The number of allylic oxidation sites excluding steroid dienone is 1. The summed E-state index contributed by atoms with van der Waals surface area (Å²) in [4.78, 5) is 0. The molecule has 2 rings (SSSR count). The molecule has 1 aliphatic carbocycles. The number of hydrogen-bond acceptors (Lipinski definition) is 1. The summed E-state index contributed by atoms with van der Waals surface area (Å²) >= 11 is 2.23. The van der Waals surface area contributed by atoms with Crippen molar-refractivity contribution < 1.29 is 4.39 Å². The van der Waals surface area contributed by atoms with E-state index in [1.54, 1.807) is 12.1 Å². The van der Waals surface area contributed by atoms with Crippen molar-refractivity contribution in [2.75, 3.05) is 6.54 Å². The van der Waals surface area contributed by atoms with Crippen LogP contribution in [0.2, 0.25) is 0 Å². The van der Waals surface area contributed by atoms with Crippen LogP contribution in [0, 0.1) is 9.39 Å². The molecular formula is C15H19FIN. The first kappa shape index (κ1) is 14.0. The van der Waals surface area contributed by atoms with Crippen LogP contribution < -0.4 is 5.32 Å². The van der Waals surface area contributed by atoms with E-state index in [1.807, 2.05) is 6.07 Å². The molecule has 1 aromatic carbocycles. The predicted molar refractivity (Wildman–Crippen MR) is 82.1 cm³/mol. The molecule has 0 aliphatic heterocycles. The van der Waals surface area contributed by atoms with Crippen molar-refractivity contribution in [3.8, 4) is 0 Å². The van der Waals surface area contributed by atoms with E-state index in [-0.39, 0.29) is 11.9 Å². The van der Waals surface area contributed by atoms with Gasteiger partial charge < -0.3 is 5.32 Å². The van der Waals surface area contributed by atoms with Gasteiger partial charge in [-0.1, -0.05) is 24.6 Å². The molecule has 1 nitrogen and oxygen atoms in total. The van der Waals surface area contributed by atoms with Gasteiger partial charge in [0.25, 0.3) is 0 Å². The van der Waals surface area contributed by atoms with Gasteiger partial charge in [0.2, 0.25) is 0 Å². The van der Waals surface area contributed by atoms with E-state index in [0.29, 0.717) is 0 Å². The number of benzene rings is 1. The lowest BCUT2D eigenvalue weighted by Gasteiger charge is -2.22. The van der Waals surface area contributed by atoms with Crippen molar-refractivity contribution >= 4 is 22.6 Å². The standard InChI is InChI=1S/C15H19FIN/c1-2-9-18-15(11-5-3-4-6-11)13-8-7-12(16)10-14(13)17/h5,7-8,10,15,18H,2-4,6,9H2,1H3. The van der Waals surface area contributed by atoms with Crippen molar-refractivity contribution in [3.63, 3.8) is 0 Å². The summed E-state index contributed by atoms with van der Waals surface area (Å²) in [5.74, 6) is -0.155. The predicted octanol–water partition coefficient (Wildman–Crippen LogP) is 4.58. The smallest absolute Gasteiger partial charge is 0.124 e. The molecule has 18 heavy (non-hydrogen) atoms. The van der Waals surface area contributed by atoms with Crippen molar-refractivity contribution in [3.05, 3.63) is 44.8 Å². The minimum absolute atomic E-state index is 0.155. The van der Waals surface area contributed by atoms with Gasteiger partial charge in [-0.05, 0) is 72.5 Å². The lowest BCUT2D eigenvalue weighted by Crippen LogP contribution is -2.24. The molecule has 0 bridgehead atoms. The summed E-state index contributed by atoms with van der Waals surface area (Å²) in [5.41, 5.74) is 2.67. The van der Waals surface area contributed by atoms with Crippen LogP contribution in [0.3, 0.4) is 0 Å². The lowest BCUT2D eigenvalue weighted by atomic mass is 9.98. The molecule has 0 saturated heterocycles. The van der Waals surface area contributed by atoms with E-state index in [4.69, 9.17) is 0 Å². The molecule has 0 radical (unpaired) electrons. The molecule has 0 amide bonds. The molecule has 0 heterocycles. The minimum Gasteiger partial charge on any atom is -0.307 e. The fourth-order valence-electron chi connectivity index (χ4n) is 2.42. The Morgan fingerprint density at radius 1 is 1.44 bits per heavy atom. The quantitative estimate of drug-likeness (QED) is 0.599. The highest BCUT2D eigenvalue weighted by atomic mass is 127. The van der Waals surface area contributed by atoms with Crippen LogP contribution in [0.15, 0.2) is 29.8 Å². The van der Waals surface area contributed by atoms with Crippen LogP contribution in [-0.2, 0) is 0 Å². The van der Waals surface area contributed by atoms with Crippen LogP contribution in [0.4, 0.5) is 4.39 Å². The first-order chi connectivity index (χ1) is 8.72. The van der Waals surface area contributed by atoms with Crippen molar-refractivity contribution in [1.82, 2.24) is 5.32 Å². The molecule has 1 unspecified atom stereocenters. The van der Waals surface area contributed by atoms with Gasteiger partial charge in [-0.15, -0.1) is 0 Å². The third-order valence-corrected chi connectivity index (χ3v) is 4.25. The summed E-state index contributed by atoms with van der Waals surface area (Å²) in [6.07, 6.45) is 7.04. The SMILES string of the molecule is CCCNC(C1=CCCC1)c1ccc(F)cc1I. The van der Waals surface area contributed by atoms with Crippen LogP contribution >= 0.6 is 22.6 Å². The van der Waals surface area contributed by atoms with Crippen LogP contribution in [0.25, 0.3) is 0 Å². The summed E-state index contributed by atoms with van der Waals surface area (Å²) in [5, 5.41) is 3.59. The summed E-state index contributed by atoms with van der Waals surface area (Å²) < 4.78 is 14.2. The Kier molecular flexibility index (Phi) is 5.18. The van der Waals surface area contributed by atoms with Crippen molar-refractivity contribution in [1.29, 1.82) is 0 Å². The maximum Gasteiger partial charge on any atom is 0.124 e. The first-order valence-corrected chi connectivity index (χ1v) is 7.67. The highest BCUT2D eigenvalue weighted by Crippen LogP contribution is 2.33. The minimum atomic E-state index is -0.155. The monoisotopic (exact) mass is 359 g/mol. The van der Waals surface area contributed by atoms with Crippen molar-refractivity contribution in [2.24, 2.45) is 0 Å². The Labute approximate surface area is 122 Å². The molecule has 0 spiro atoms. The molecule has 1 aliphatic rings. The Bertz CT molecular complexity index is 442. The van der Waals surface area contributed by atoms with E-state index in [9.17, 15) is 4.39 Å². The average molecular weight is 359 g/mol. The second kappa shape index (κ2) is 6.66. The fraction of sp³-hybridized carbons (Fsp3) is 0.467. The van der Waals surface area contributed by atoms with Gasteiger partial charge in [0.05, 0.1) is 6.04 Å². The molecule has 0 saturated carbocycles. The van der Waals surface area contributed by atoms with E-state index < -0.39 is 0 Å². The summed E-state index contributed by atoms with van der Waals surface area (Å²) in [6.45, 7) is 3.16. The van der Waals surface area contributed by atoms with Gasteiger partial charge in [0.1, 0.15) is 5.82 Å². The highest BCUT2D eigenvalue weighted by Gasteiger charge is 2.20.